The fourth-order valence-electron chi connectivity index (χ4n) is 2.65. The van der Waals surface area contributed by atoms with Crippen LogP contribution in [-0.4, -0.2) is 38.0 Å². The maximum absolute atomic E-state index is 13.0. The number of amides is 1. The van der Waals surface area contributed by atoms with Crippen molar-refractivity contribution in [2.75, 3.05) is 0 Å². The SMILES string of the molecule is O=C(Cn1cc(C(=O)O)nn1)NC1CC1c1ccccc1C(F)(F)F. The first-order valence-electron chi connectivity index (χ1n) is 7.34. The molecule has 1 aliphatic carbocycles. The number of hydrogen-bond acceptors (Lipinski definition) is 4. The van der Waals surface area contributed by atoms with Crippen LogP contribution in [0.15, 0.2) is 30.5 Å². The van der Waals surface area contributed by atoms with Crippen molar-refractivity contribution in [1.82, 2.24) is 20.3 Å². The van der Waals surface area contributed by atoms with Gasteiger partial charge in [0.1, 0.15) is 6.54 Å². The first kappa shape index (κ1) is 16.9. The molecule has 3 rings (SSSR count). The number of benzene rings is 1. The van der Waals surface area contributed by atoms with Crippen LogP contribution in [0.4, 0.5) is 13.2 Å². The van der Waals surface area contributed by atoms with Gasteiger partial charge < -0.3 is 10.4 Å². The highest BCUT2D eigenvalue weighted by atomic mass is 19.4. The largest absolute Gasteiger partial charge is 0.476 e. The first-order chi connectivity index (χ1) is 11.8. The van der Waals surface area contributed by atoms with Gasteiger partial charge in [-0.25, -0.2) is 9.48 Å². The summed E-state index contributed by atoms with van der Waals surface area (Å²) in [6.45, 7) is -0.260. The number of aromatic nitrogens is 3. The zero-order chi connectivity index (χ0) is 18.2. The molecule has 25 heavy (non-hydrogen) atoms. The Bertz CT molecular complexity index is 818. The quantitative estimate of drug-likeness (QED) is 0.851. The van der Waals surface area contributed by atoms with E-state index in [-0.39, 0.29) is 17.8 Å². The highest BCUT2D eigenvalue weighted by molar-refractivity contribution is 5.84. The average molecular weight is 354 g/mol. The van der Waals surface area contributed by atoms with Gasteiger partial charge in [0.15, 0.2) is 5.69 Å². The van der Waals surface area contributed by atoms with E-state index < -0.39 is 35.6 Å². The molecule has 7 nitrogen and oxygen atoms in total. The fourth-order valence-corrected chi connectivity index (χ4v) is 2.65. The topological polar surface area (TPSA) is 97.1 Å². The Balaban J connectivity index is 1.61. The van der Waals surface area contributed by atoms with Crippen LogP contribution >= 0.6 is 0 Å². The third-order valence-corrected chi connectivity index (χ3v) is 3.87. The molecule has 1 aliphatic rings. The molecule has 10 heteroatoms. The van der Waals surface area contributed by atoms with E-state index >= 15 is 0 Å². The van der Waals surface area contributed by atoms with E-state index in [1.54, 1.807) is 0 Å². The molecule has 0 saturated heterocycles. The van der Waals surface area contributed by atoms with E-state index in [0.29, 0.717) is 6.42 Å². The number of nitrogens with one attached hydrogen (secondary N) is 1. The van der Waals surface area contributed by atoms with E-state index in [0.717, 1.165) is 16.9 Å². The van der Waals surface area contributed by atoms with E-state index in [9.17, 15) is 22.8 Å². The molecule has 1 saturated carbocycles. The van der Waals surface area contributed by atoms with E-state index in [1.165, 1.54) is 18.2 Å². The zero-order valence-electron chi connectivity index (χ0n) is 12.7. The third kappa shape index (κ3) is 3.78. The van der Waals surface area contributed by atoms with Gasteiger partial charge >= 0.3 is 12.1 Å². The lowest BCUT2D eigenvalue weighted by atomic mass is 10.0. The van der Waals surface area contributed by atoms with Crippen molar-refractivity contribution in [2.45, 2.75) is 31.1 Å². The van der Waals surface area contributed by atoms with Gasteiger partial charge in [-0.1, -0.05) is 23.4 Å². The summed E-state index contributed by atoms with van der Waals surface area (Å²) >= 11 is 0. The van der Waals surface area contributed by atoms with Gasteiger partial charge in [-0.3, -0.25) is 4.79 Å². The Morgan fingerprint density at radius 3 is 2.68 bits per heavy atom. The first-order valence-corrected chi connectivity index (χ1v) is 7.34. The molecular weight excluding hydrogens is 341 g/mol. The summed E-state index contributed by atoms with van der Waals surface area (Å²) < 4.78 is 40.1. The molecule has 1 fully saturated rings. The van der Waals surface area contributed by atoms with E-state index in [4.69, 9.17) is 5.11 Å². The van der Waals surface area contributed by atoms with Crippen LogP contribution in [-0.2, 0) is 17.5 Å². The number of halogens is 3. The van der Waals surface area contributed by atoms with Crippen LogP contribution in [0.5, 0.6) is 0 Å². The maximum Gasteiger partial charge on any atom is 0.416 e. The van der Waals surface area contributed by atoms with Crippen LogP contribution < -0.4 is 5.32 Å². The lowest BCUT2D eigenvalue weighted by Crippen LogP contribution is -2.30. The number of hydrogen-bond donors (Lipinski definition) is 2. The normalized spacial score (nSPS) is 19.5. The number of rotatable bonds is 5. The van der Waals surface area contributed by atoms with Crippen molar-refractivity contribution in [3.8, 4) is 0 Å². The molecule has 2 N–H and O–H groups in total. The van der Waals surface area contributed by atoms with Gasteiger partial charge in [0.05, 0.1) is 11.8 Å². The summed E-state index contributed by atoms with van der Waals surface area (Å²) in [5, 5.41) is 18.2. The van der Waals surface area contributed by atoms with Crippen molar-refractivity contribution in [1.29, 1.82) is 0 Å². The molecule has 0 spiro atoms. The van der Waals surface area contributed by atoms with Crippen molar-refractivity contribution in [3.63, 3.8) is 0 Å². The Labute approximate surface area is 139 Å². The number of nitrogens with zero attached hydrogens (tertiary/aromatic N) is 3. The fraction of sp³-hybridized carbons (Fsp3) is 0.333. The highest BCUT2D eigenvalue weighted by Crippen LogP contribution is 2.46. The Morgan fingerprint density at radius 1 is 1.32 bits per heavy atom. The van der Waals surface area contributed by atoms with Gasteiger partial charge in [0.2, 0.25) is 5.91 Å². The molecule has 1 heterocycles. The van der Waals surface area contributed by atoms with Crippen molar-refractivity contribution in [2.24, 2.45) is 0 Å². The minimum Gasteiger partial charge on any atom is -0.476 e. The number of aromatic carboxylic acids is 1. The number of carbonyl (C=O) groups excluding carboxylic acids is 1. The molecule has 2 atom stereocenters. The molecular formula is C15H13F3N4O3. The molecule has 0 bridgehead atoms. The van der Waals surface area contributed by atoms with Gasteiger partial charge in [0.25, 0.3) is 0 Å². The number of carbonyl (C=O) groups is 2. The van der Waals surface area contributed by atoms with Gasteiger partial charge in [-0.05, 0) is 18.1 Å². The Morgan fingerprint density at radius 2 is 2.04 bits per heavy atom. The molecule has 0 radical (unpaired) electrons. The van der Waals surface area contributed by atoms with Crippen LogP contribution in [0.3, 0.4) is 0 Å². The minimum absolute atomic E-state index is 0.161. The standard InChI is InChI=1S/C15H13F3N4O3/c16-15(17,18)10-4-2-1-3-8(10)9-5-11(9)19-13(23)7-22-6-12(14(24)25)20-21-22/h1-4,6,9,11H,5,7H2,(H,19,23)(H,24,25). The second-order valence-corrected chi connectivity index (χ2v) is 5.71. The molecule has 1 aromatic heterocycles. The smallest absolute Gasteiger partial charge is 0.416 e. The molecule has 1 aromatic carbocycles. The Hall–Kier alpha value is -2.91. The van der Waals surface area contributed by atoms with Crippen LogP contribution in [0, 0.1) is 0 Å². The van der Waals surface area contributed by atoms with Gasteiger partial charge in [-0.2, -0.15) is 13.2 Å². The second kappa shape index (κ2) is 6.19. The Kier molecular flexibility index (Phi) is 4.19. The molecule has 132 valence electrons. The lowest BCUT2D eigenvalue weighted by molar-refractivity contribution is -0.138. The van der Waals surface area contributed by atoms with Crippen molar-refractivity contribution in [3.05, 3.63) is 47.3 Å². The summed E-state index contributed by atoms with van der Waals surface area (Å²) in [6.07, 6.45) is -2.93. The predicted molar refractivity (Wildman–Crippen MR) is 77.7 cm³/mol. The van der Waals surface area contributed by atoms with Crippen molar-refractivity contribution >= 4 is 11.9 Å². The molecule has 2 unspecified atom stereocenters. The minimum atomic E-state index is -4.44. The van der Waals surface area contributed by atoms with E-state index in [1.807, 2.05) is 0 Å². The number of carboxylic acids is 1. The third-order valence-electron chi connectivity index (χ3n) is 3.87. The molecule has 2 aromatic rings. The average Bonchev–Trinajstić information content (AvgIpc) is 3.12. The summed E-state index contributed by atoms with van der Waals surface area (Å²) in [4.78, 5) is 22.6. The summed E-state index contributed by atoms with van der Waals surface area (Å²) in [5.41, 5.74) is -0.829. The van der Waals surface area contributed by atoms with Gasteiger partial charge in [-0.15, -0.1) is 5.10 Å². The lowest BCUT2D eigenvalue weighted by Gasteiger charge is -2.12. The van der Waals surface area contributed by atoms with Crippen molar-refractivity contribution < 1.29 is 27.9 Å². The summed E-state index contributed by atoms with van der Waals surface area (Å²) in [5.74, 6) is -2.14. The molecule has 0 aliphatic heterocycles. The highest BCUT2D eigenvalue weighted by Gasteiger charge is 2.44. The monoisotopic (exact) mass is 354 g/mol. The summed E-state index contributed by atoms with van der Waals surface area (Å²) in [6, 6.07) is 4.90. The number of alkyl halides is 3. The van der Waals surface area contributed by atoms with E-state index in [2.05, 4.69) is 15.6 Å². The predicted octanol–water partition coefficient (Wildman–Crippen LogP) is 1.67. The number of carboxylic acid groups (broad SMARTS) is 1. The maximum atomic E-state index is 13.0. The van der Waals surface area contributed by atoms with Crippen LogP contribution in [0.1, 0.15) is 34.0 Å². The molecule has 1 amide bonds. The van der Waals surface area contributed by atoms with Crippen LogP contribution in [0.2, 0.25) is 0 Å². The second-order valence-electron chi connectivity index (χ2n) is 5.71. The van der Waals surface area contributed by atoms with Crippen LogP contribution in [0.25, 0.3) is 0 Å². The summed E-state index contributed by atoms with van der Waals surface area (Å²) in [7, 11) is 0. The zero-order valence-corrected chi connectivity index (χ0v) is 12.7. The van der Waals surface area contributed by atoms with Gasteiger partial charge in [0, 0.05) is 12.0 Å².